The summed E-state index contributed by atoms with van der Waals surface area (Å²) in [6, 6.07) is 5.93. The third-order valence-electron chi connectivity index (χ3n) is 2.86. The summed E-state index contributed by atoms with van der Waals surface area (Å²) in [5.41, 5.74) is 4.59. The number of benzene rings is 1. The van der Waals surface area contributed by atoms with E-state index >= 15 is 0 Å². The molecule has 0 saturated carbocycles. The number of rotatable bonds is 5. The van der Waals surface area contributed by atoms with E-state index in [0.717, 1.165) is 6.26 Å². The Kier molecular flexibility index (Phi) is 4.76. The van der Waals surface area contributed by atoms with Crippen molar-refractivity contribution in [3.63, 3.8) is 0 Å². The number of nitrogens with one attached hydrogen (secondary N) is 2. The van der Waals surface area contributed by atoms with Crippen molar-refractivity contribution in [3.8, 4) is 0 Å². The Bertz CT molecular complexity index is 922. The highest BCUT2D eigenvalue weighted by Gasteiger charge is 2.17. The average Bonchev–Trinajstić information content (AvgIpc) is 2.45. The van der Waals surface area contributed by atoms with E-state index in [2.05, 4.69) is 15.3 Å². The van der Waals surface area contributed by atoms with Gasteiger partial charge in [0.05, 0.1) is 4.90 Å². The largest absolute Gasteiger partial charge is 0.365 e. The molecule has 0 radical (unpaired) electrons. The van der Waals surface area contributed by atoms with Crippen LogP contribution in [0, 0.1) is 0 Å². The van der Waals surface area contributed by atoms with Crippen molar-refractivity contribution in [1.29, 1.82) is 0 Å². The summed E-state index contributed by atoms with van der Waals surface area (Å²) in [5.74, 6) is -0.968. The number of amides is 1. The van der Waals surface area contributed by atoms with Crippen molar-refractivity contribution in [2.24, 2.45) is 5.73 Å². The Morgan fingerprint density at radius 2 is 2.09 bits per heavy atom. The van der Waals surface area contributed by atoms with Gasteiger partial charge in [-0.15, -0.1) is 0 Å². The Morgan fingerprint density at radius 1 is 1.39 bits per heavy atom. The molecule has 0 fully saturated rings. The monoisotopic (exact) mass is 354 g/mol. The fourth-order valence-corrected chi connectivity index (χ4v) is 2.85. The van der Waals surface area contributed by atoms with Gasteiger partial charge in [-0.25, -0.2) is 13.4 Å². The van der Waals surface area contributed by atoms with E-state index in [1.807, 2.05) is 0 Å². The van der Waals surface area contributed by atoms with Gasteiger partial charge in [-0.2, -0.15) is 0 Å². The van der Waals surface area contributed by atoms with Gasteiger partial charge in [-0.05, 0) is 24.5 Å². The van der Waals surface area contributed by atoms with Crippen LogP contribution in [-0.2, 0) is 9.84 Å². The maximum atomic E-state index is 11.9. The number of hydrogen-bond acceptors (Lipinski definition) is 7. The SMILES string of the molecule is CSc1nc(Nc2cccc(S(C)(=O)=O)c2)c(C(N)=O)c(=O)[nH]1. The van der Waals surface area contributed by atoms with Crippen LogP contribution in [0.2, 0.25) is 0 Å². The van der Waals surface area contributed by atoms with Crippen LogP contribution in [0.4, 0.5) is 11.5 Å². The first-order valence-electron chi connectivity index (χ1n) is 6.27. The van der Waals surface area contributed by atoms with E-state index in [0.29, 0.717) is 10.8 Å². The van der Waals surface area contributed by atoms with Crippen molar-refractivity contribution in [1.82, 2.24) is 9.97 Å². The minimum atomic E-state index is -3.39. The van der Waals surface area contributed by atoms with Gasteiger partial charge in [0.15, 0.2) is 20.8 Å². The highest BCUT2D eigenvalue weighted by atomic mass is 32.2. The molecule has 2 aromatic rings. The van der Waals surface area contributed by atoms with Crippen LogP contribution in [0.25, 0.3) is 0 Å². The van der Waals surface area contributed by atoms with Gasteiger partial charge in [0, 0.05) is 11.9 Å². The summed E-state index contributed by atoms with van der Waals surface area (Å²) >= 11 is 1.18. The van der Waals surface area contributed by atoms with E-state index in [-0.39, 0.29) is 16.3 Å². The number of aromatic nitrogens is 2. The third kappa shape index (κ3) is 3.90. The number of carbonyl (C=O) groups excluding carboxylic acids is 1. The molecule has 0 spiro atoms. The van der Waals surface area contributed by atoms with Crippen LogP contribution in [-0.4, -0.2) is 36.8 Å². The molecule has 4 N–H and O–H groups in total. The Labute approximate surface area is 136 Å². The number of carbonyl (C=O) groups is 1. The van der Waals surface area contributed by atoms with Crippen LogP contribution in [0.15, 0.2) is 39.1 Å². The molecule has 0 aliphatic rings. The molecule has 0 unspecified atom stereocenters. The Balaban J connectivity index is 2.54. The number of hydrogen-bond donors (Lipinski definition) is 3. The molecule has 0 aliphatic carbocycles. The van der Waals surface area contributed by atoms with E-state index in [4.69, 9.17) is 5.73 Å². The third-order valence-corrected chi connectivity index (χ3v) is 4.55. The summed E-state index contributed by atoms with van der Waals surface area (Å²) in [5, 5.41) is 3.07. The van der Waals surface area contributed by atoms with Crippen molar-refractivity contribution < 1.29 is 13.2 Å². The van der Waals surface area contributed by atoms with Crippen molar-refractivity contribution in [3.05, 3.63) is 40.2 Å². The standard InChI is InChI=1S/C13H14N4O4S2/c1-22-13-16-11(9(10(14)18)12(19)17-13)15-7-4-3-5-8(6-7)23(2,20)21/h3-6H,1-2H3,(H2,14,18)(H2,15,16,17,19). The first kappa shape index (κ1) is 17.0. The topological polar surface area (TPSA) is 135 Å². The van der Waals surface area contributed by atoms with E-state index < -0.39 is 21.3 Å². The lowest BCUT2D eigenvalue weighted by Crippen LogP contribution is -2.26. The zero-order valence-corrected chi connectivity index (χ0v) is 13.9. The van der Waals surface area contributed by atoms with Crippen LogP contribution in [0.1, 0.15) is 10.4 Å². The molecule has 1 heterocycles. The minimum absolute atomic E-state index is 0.0312. The molecular weight excluding hydrogens is 340 g/mol. The summed E-state index contributed by atoms with van der Waals surface area (Å²) in [4.78, 5) is 30.0. The molecule has 1 amide bonds. The number of nitrogens with zero attached hydrogens (tertiary/aromatic N) is 1. The quantitative estimate of drug-likeness (QED) is 0.532. The van der Waals surface area contributed by atoms with E-state index in [9.17, 15) is 18.0 Å². The smallest absolute Gasteiger partial charge is 0.266 e. The predicted octanol–water partition coefficient (Wildman–Crippen LogP) is 0.738. The highest BCUT2D eigenvalue weighted by Crippen LogP contribution is 2.21. The molecule has 122 valence electrons. The van der Waals surface area contributed by atoms with Gasteiger partial charge < -0.3 is 16.0 Å². The lowest BCUT2D eigenvalue weighted by atomic mass is 10.2. The molecule has 23 heavy (non-hydrogen) atoms. The van der Waals surface area contributed by atoms with Crippen LogP contribution in [0.3, 0.4) is 0 Å². The summed E-state index contributed by atoms with van der Waals surface area (Å²) in [7, 11) is -3.39. The number of sulfone groups is 1. The fraction of sp³-hybridized carbons (Fsp3) is 0.154. The normalized spacial score (nSPS) is 11.2. The Morgan fingerprint density at radius 3 is 2.65 bits per heavy atom. The van der Waals surface area contributed by atoms with Crippen molar-refractivity contribution >= 4 is 39.0 Å². The second-order valence-corrected chi connectivity index (χ2v) is 7.40. The van der Waals surface area contributed by atoms with Gasteiger partial charge in [0.1, 0.15) is 5.56 Å². The van der Waals surface area contributed by atoms with Gasteiger partial charge in [0.25, 0.3) is 11.5 Å². The molecule has 0 saturated heterocycles. The second kappa shape index (κ2) is 6.42. The number of primary amides is 1. The highest BCUT2D eigenvalue weighted by molar-refractivity contribution is 7.98. The first-order chi connectivity index (χ1) is 10.7. The molecular formula is C13H14N4O4S2. The molecule has 1 aromatic heterocycles. The van der Waals surface area contributed by atoms with E-state index in [1.54, 1.807) is 12.3 Å². The number of nitrogens with two attached hydrogens (primary N) is 1. The number of H-pyrrole nitrogens is 1. The Hall–Kier alpha value is -2.33. The fourth-order valence-electron chi connectivity index (χ4n) is 1.81. The first-order valence-corrected chi connectivity index (χ1v) is 9.39. The molecule has 10 heteroatoms. The van der Waals surface area contributed by atoms with Crippen molar-refractivity contribution in [2.75, 3.05) is 17.8 Å². The number of thioether (sulfide) groups is 1. The number of aromatic amines is 1. The zero-order chi connectivity index (χ0) is 17.2. The molecule has 2 rings (SSSR count). The van der Waals surface area contributed by atoms with Crippen LogP contribution < -0.4 is 16.6 Å². The summed E-state index contributed by atoms with van der Waals surface area (Å²) in [6.45, 7) is 0. The van der Waals surface area contributed by atoms with Gasteiger partial charge in [-0.3, -0.25) is 9.59 Å². The molecule has 0 bridgehead atoms. The average molecular weight is 354 g/mol. The van der Waals surface area contributed by atoms with Gasteiger partial charge >= 0.3 is 0 Å². The summed E-state index contributed by atoms with van der Waals surface area (Å²) in [6.07, 6.45) is 2.79. The predicted molar refractivity (Wildman–Crippen MR) is 88.0 cm³/mol. The molecule has 1 aromatic carbocycles. The summed E-state index contributed by atoms with van der Waals surface area (Å²) < 4.78 is 23.2. The molecule has 8 nitrogen and oxygen atoms in total. The maximum Gasteiger partial charge on any atom is 0.266 e. The second-order valence-electron chi connectivity index (χ2n) is 4.59. The lowest BCUT2D eigenvalue weighted by molar-refractivity contribution is 0.0999. The zero-order valence-electron chi connectivity index (χ0n) is 12.3. The minimum Gasteiger partial charge on any atom is -0.365 e. The molecule has 0 atom stereocenters. The number of anilines is 2. The van der Waals surface area contributed by atoms with Crippen LogP contribution in [0.5, 0.6) is 0 Å². The lowest BCUT2D eigenvalue weighted by Gasteiger charge is -2.10. The van der Waals surface area contributed by atoms with Crippen LogP contribution >= 0.6 is 11.8 Å². The van der Waals surface area contributed by atoms with Crippen molar-refractivity contribution in [2.45, 2.75) is 10.1 Å². The molecule has 0 aliphatic heterocycles. The van der Waals surface area contributed by atoms with Gasteiger partial charge in [0.2, 0.25) is 0 Å². The maximum absolute atomic E-state index is 11.9. The van der Waals surface area contributed by atoms with Gasteiger partial charge in [-0.1, -0.05) is 17.8 Å². The van der Waals surface area contributed by atoms with E-state index in [1.165, 1.54) is 30.0 Å².